The molecule has 0 aromatic heterocycles. The van der Waals surface area contributed by atoms with Gasteiger partial charge in [0.2, 0.25) is 0 Å². The number of esters is 1. The molecule has 1 aliphatic rings. The Labute approximate surface area is 213 Å². The molecule has 172 valence electrons. The SMILES string of the molecule is COc1cc(/C=C2\SC(=O)N(Cc3ccccc3Br)C2=O)ccc1OC(=O)c1ccc(Cl)cc1. The zero-order valence-corrected chi connectivity index (χ0v) is 20.9. The van der Waals surface area contributed by atoms with Crippen molar-refractivity contribution in [3.63, 3.8) is 0 Å². The summed E-state index contributed by atoms with van der Waals surface area (Å²) in [5, 5.41) is 0.173. The number of ether oxygens (including phenoxy) is 2. The third kappa shape index (κ3) is 5.35. The van der Waals surface area contributed by atoms with E-state index in [1.54, 1.807) is 48.5 Å². The predicted molar refractivity (Wildman–Crippen MR) is 135 cm³/mol. The highest BCUT2D eigenvalue weighted by atomic mass is 79.9. The first-order valence-corrected chi connectivity index (χ1v) is 12.0. The Bertz CT molecular complexity index is 1310. The predicted octanol–water partition coefficient (Wildman–Crippen LogP) is 6.57. The molecule has 0 spiro atoms. The Hall–Kier alpha value is -3.07. The summed E-state index contributed by atoms with van der Waals surface area (Å²) in [5.74, 6) is -0.399. The van der Waals surface area contributed by atoms with Gasteiger partial charge in [-0.25, -0.2) is 4.79 Å². The van der Waals surface area contributed by atoms with E-state index in [0.717, 1.165) is 21.8 Å². The Morgan fingerprint density at radius 1 is 1.06 bits per heavy atom. The summed E-state index contributed by atoms with van der Waals surface area (Å²) in [6, 6.07) is 18.6. The largest absolute Gasteiger partial charge is 0.493 e. The number of carbonyl (C=O) groups excluding carboxylic acids is 3. The Kier molecular flexibility index (Phi) is 7.41. The van der Waals surface area contributed by atoms with E-state index in [1.807, 2.05) is 24.3 Å². The number of amides is 2. The van der Waals surface area contributed by atoms with E-state index in [0.29, 0.717) is 26.8 Å². The zero-order valence-electron chi connectivity index (χ0n) is 17.8. The Morgan fingerprint density at radius 3 is 2.50 bits per heavy atom. The first-order valence-electron chi connectivity index (χ1n) is 10.0. The Balaban J connectivity index is 1.52. The van der Waals surface area contributed by atoms with Crippen molar-refractivity contribution < 1.29 is 23.9 Å². The van der Waals surface area contributed by atoms with Crippen molar-refractivity contribution in [1.82, 2.24) is 4.90 Å². The van der Waals surface area contributed by atoms with Gasteiger partial charge in [-0.2, -0.15) is 0 Å². The maximum Gasteiger partial charge on any atom is 0.343 e. The van der Waals surface area contributed by atoms with Crippen LogP contribution >= 0.6 is 39.3 Å². The molecule has 0 bridgehead atoms. The highest BCUT2D eigenvalue weighted by Gasteiger charge is 2.35. The standard InChI is InChI=1S/C25H17BrClNO5S/c1-32-21-12-15(6-11-20(21)33-24(30)16-7-9-18(27)10-8-16)13-22-23(29)28(25(31)34-22)14-17-4-2-3-5-19(17)26/h2-13H,14H2,1H3/b22-13-. The lowest BCUT2D eigenvalue weighted by Gasteiger charge is -2.13. The molecule has 1 aliphatic heterocycles. The van der Waals surface area contributed by atoms with Crippen molar-refractivity contribution in [2.24, 2.45) is 0 Å². The number of thioether (sulfide) groups is 1. The molecule has 0 N–H and O–H groups in total. The number of nitrogens with zero attached hydrogens (tertiary/aromatic N) is 1. The van der Waals surface area contributed by atoms with Crippen molar-refractivity contribution in [3.8, 4) is 11.5 Å². The summed E-state index contributed by atoms with van der Waals surface area (Å²) in [4.78, 5) is 39.3. The van der Waals surface area contributed by atoms with Gasteiger partial charge < -0.3 is 9.47 Å². The van der Waals surface area contributed by atoms with Crippen LogP contribution in [0, 0.1) is 0 Å². The van der Waals surface area contributed by atoms with E-state index in [2.05, 4.69) is 15.9 Å². The van der Waals surface area contributed by atoms with Crippen LogP contribution in [-0.4, -0.2) is 29.1 Å². The smallest absolute Gasteiger partial charge is 0.343 e. The third-order valence-electron chi connectivity index (χ3n) is 4.93. The van der Waals surface area contributed by atoms with Crippen LogP contribution in [0.4, 0.5) is 4.79 Å². The molecule has 9 heteroatoms. The molecule has 0 saturated carbocycles. The minimum atomic E-state index is -0.559. The van der Waals surface area contributed by atoms with Crippen LogP contribution < -0.4 is 9.47 Å². The minimum absolute atomic E-state index is 0.173. The third-order valence-corrected chi connectivity index (χ3v) is 6.86. The van der Waals surface area contributed by atoms with Crippen molar-refractivity contribution >= 4 is 62.5 Å². The van der Waals surface area contributed by atoms with E-state index < -0.39 is 5.97 Å². The summed E-state index contributed by atoms with van der Waals surface area (Å²) in [6.07, 6.45) is 1.61. The lowest BCUT2D eigenvalue weighted by molar-refractivity contribution is -0.123. The summed E-state index contributed by atoms with van der Waals surface area (Å²) in [7, 11) is 1.45. The molecule has 3 aromatic carbocycles. The summed E-state index contributed by atoms with van der Waals surface area (Å²) >= 11 is 10.2. The van der Waals surface area contributed by atoms with Gasteiger partial charge in [-0.05, 0) is 71.4 Å². The first-order chi connectivity index (χ1) is 16.4. The van der Waals surface area contributed by atoms with Crippen LogP contribution in [0.5, 0.6) is 11.5 Å². The van der Waals surface area contributed by atoms with Gasteiger partial charge in [-0.15, -0.1) is 0 Å². The average Bonchev–Trinajstić information content (AvgIpc) is 3.09. The van der Waals surface area contributed by atoms with Gasteiger partial charge >= 0.3 is 5.97 Å². The molecule has 1 fully saturated rings. The van der Waals surface area contributed by atoms with Crippen molar-refractivity contribution in [2.75, 3.05) is 7.11 Å². The second-order valence-electron chi connectivity index (χ2n) is 7.17. The fourth-order valence-electron chi connectivity index (χ4n) is 3.19. The fourth-order valence-corrected chi connectivity index (χ4v) is 4.56. The van der Waals surface area contributed by atoms with Gasteiger partial charge in [0.05, 0.1) is 24.1 Å². The van der Waals surface area contributed by atoms with E-state index in [9.17, 15) is 14.4 Å². The van der Waals surface area contributed by atoms with Gasteiger partial charge in [-0.3, -0.25) is 14.5 Å². The molecule has 2 amide bonds. The summed E-state index contributed by atoms with van der Waals surface area (Å²) < 4.78 is 11.6. The van der Waals surface area contributed by atoms with Crippen LogP contribution in [0.2, 0.25) is 5.02 Å². The molecule has 0 unspecified atom stereocenters. The Morgan fingerprint density at radius 2 is 1.79 bits per heavy atom. The normalized spacial score (nSPS) is 14.6. The minimum Gasteiger partial charge on any atom is -0.493 e. The van der Waals surface area contributed by atoms with Crippen LogP contribution in [0.3, 0.4) is 0 Å². The van der Waals surface area contributed by atoms with E-state index in [-0.39, 0.29) is 23.4 Å². The van der Waals surface area contributed by atoms with Gasteiger partial charge in [0.1, 0.15) is 0 Å². The monoisotopic (exact) mass is 557 g/mol. The zero-order chi connectivity index (χ0) is 24.2. The molecule has 1 heterocycles. The topological polar surface area (TPSA) is 72.9 Å². The average molecular weight is 559 g/mol. The molecule has 3 aromatic rings. The second-order valence-corrected chi connectivity index (χ2v) is 9.45. The number of rotatable bonds is 6. The highest BCUT2D eigenvalue weighted by molar-refractivity contribution is 9.10. The highest BCUT2D eigenvalue weighted by Crippen LogP contribution is 2.36. The maximum absolute atomic E-state index is 12.9. The number of methoxy groups -OCH3 is 1. The van der Waals surface area contributed by atoms with Gasteiger partial charge in [0.25, 0.3) is 11.1 Å². The molecule has 1 saturated heterocycles. The lowest BCUT2D eigenvalue weighted by atomic mass is 10.1. The number of hydrogen-bond acceptors (Lipinski definition) is 6. The molecule has 4 rings (SSSR count). The quantitative estimate of drug-likeness (QED) is 0.194. The van der Waals surface area contributed by atoms with E-state index >= 15 is 0 Å². The van der Waals surface area contributed by atoms with Crippen LogP contribution in [0.1, 0.15) is 21.5 Å². The molecular weight excluding hydrogens is 542 g/mol. The molecular formula is C25H17BrClNO5S. The van der Waals surface area contributed by atoms with Crippen LogP contribution in [-0.2, 0) is 11.3 Å². The lowest BCUT2D eigenvalue weighted by Crippen LogP contribution is -2.27. The van der Waals surface area contributed by atoms with Crippen LogP contribution in [0.25, 0.3) is 6.08 Å². The number of hydrogen-bond donors (Lipinski definition) is 0. The molecule has 34 heavy (non-hydrogen) atoms. The summed E-state index contributed by atoms with van der Waals surface area (Å²) in [6.45, 7) is 0.173. The van der Waals surface area contributed by atoms with Crippen LogP contribution in [0.15, 0.2) is 76.1 Å². The second kappa shape index (κ2) is 10.5. The molecule has 0 atom stereocenters. The number of benzene rings is 3. The molecule has 6 nitrogen and oxygen atoms in total. The summed E-state index contributed by atoms with van der Waals surface area (Å²) in [5.41, 5.74) is 1.79. The molecule has 0 aliphatic carbocycles. The maximum atomic E-state index is 12.9. The van der Waals surface area contributed by atoms with Gasteiger partial charge in [-0.1, -0.05) is 51.8 Å². The van der Waals surface area contributed by atoms with Crippen molar-refractivity contribution in [2.45, 2.75) is 6.54 Å². The van der Waals surface area contributed by atoms with Crippen molar-refractivity contribution in [1.29, 1.82) is 0 Å². The number of carbonyl (C=O) groups is 3. The van der Waals surface area contributed by atoms with E-state index in [1.165, 1.54) is 12.0 Å². The molecule has 0 radical (unpaired) electrons. The van der Waals surface area contributed by atoms with Gasteiger partial charge in [0.15, 0.2) is 11.5 Å². The van der Waals surface area contributed by atoms with E-state index in [4.69, 9.17) is 21.1 Å². The number of imide groups is 1. The fraction of sp³-hybridized carbons (Fsp3) is 0.0800. The van der Waals surface area contributed by atoms with Gasteiger partial charge in [0, 0.05) is 9.50 Å². The van der Waals surface area contributed by atoms with Crippen molar-refractivity contribution in [3.05, 3.63) is 97.8 Å². The first kappa shape index (κ1) is 24.1. The number of halogens is 2.